The van der Waals surface area contributed by atoms with Crippen molar-refractivity contribution < 1.29 is 4.79 Å². The van der Waals surface area contributed by atoms with Gasteiger partial charge in [-0.25, -0.2) is 0 Å². The highest BCUT2D eigenvalue weighted by Gasteiger charge is 2.09. The van der Waals surface area contributed by atoms with Gasteiger partial charge in [0.1, 0.15) is 0 Å². The topological polar surface area (TPSA) is 60.1 Å². The summed E-state index contributed by atoms with van der Waals surface area (Å²) in [5.41, 5.74) is 6.89. The van der Waals surface area contributed by atoms with Gasteiger partial charge in [-0.1, -0.05) is 25.1 Å². The normalized spacial score (nSPS) is 12.5. The summed E-state index contributed by atoms with van der Waals surface area (Å²) in [6.07, 6.45) is 3.67. The molecule has 0 bridgehead atoms. The van der Waals surface area contributed by atoms with Gasteiger partial charge in [0.05, 0.1) is 6.04 Å². The van der Waals surface area contributed by atoms with Crippen molar-refractivity contribution in [1.29, 1.82) is 0 Å². The second-order valence-electron chi connectivity index (χ2n) is 4.73. The molecule has 1 aromatic heterocycles. The Morgan fingerprint density at radius 1 is 1.37 bits per heavy atom. The molecule has 1 heterocycles. The number of fused-ring (bicyclic) bond motifs is 1. The summed E-state index contributed by atoms with van der Waals surface area (Å²) in [5, 5.41) is 4.12. The molecule has 0 saturated carbocycles. The van der Waals surface area contributed by atoms with Crippen molar-refractivity contribution in [2.75, 3.05) is 6.54 Å². The van der Waals surface area contributed by atoms with Crippen molar-refractivity contribution in [2.24, 2.45) is 5.73 Å². The predicted molar refractivity (Wildman–Crippen MR) is 77.8 cm³/mol. The lowest BCUT2D eigenvalue weighted by Crippen LogP contribution is -2.40. The Balaban J connectivity index is 1.82. The Bertz CT molecular complexity index is 547. The quantitative estimate of drug-likeness (QED) is 0.778. The minimum atomic E-state index is -0.382. The molecule has 1 atom stereocenters. The van der Waals surface area contributed by atoms with Gasteiger partial charge in [-0.3, -0.25) is 4.79 Å². The number of hydrogen-bond donors (Lipinski definition) is 2. The zero-order valence-corrected chi connectivity index (χ0v) is 11.3. The van der Waals surface area contributed by atoms with E-state index in [0.29, 0.717) is 13.0 Å². The van der Waals surface area contributed by atoms with Crippen LogP contribution in [-0.2, 0) is 11.3 Å². The molecule has 2 aromatic rings. The number of hydrogen-bond acceptors (Lipinski definition) is 2. The molecule has 0 aliphatic heterocycles. The molecule has 3 N–H and O–H groups in total. The average Bonchev–Trinajstić information content (AvgIpc) is 2.86. The Hall–Kier alpha value is -1.81. The summed E-state index contributed by atoms with van der Waals surface area (Å²) in [7, 11) is 0. The standard InChI is InChI=1S/C15H21N3O/c1-2-13(16)15(19)17-9-5-10-18-11-8-12-6-3-4-7-14(12)18/h3-4,6-8,11,13H,2,5,9-10,16H2,1H3,(H,17,19). The Morgan fingerprint density at radius 3 is 2.95 bits per heavy atom. The van der Waals surface area contributed by atoms with Crippen molar-refractivity contribution in [2.45, 2.75) is 32.4 Å². The molecule has 1 unspecified atom stereocenters. The van der Waals surface area contributed by atoms with E-state index < -0.39 is 0 Å². The number of nitrogens with zero attached hydrogens (tertiary/aromatic N) is 1. The second kappa shape index (κ2) is 6.38. The third-order valence-corrected chi connectivity index (χ3v) is 3.33. The van der Waals surface area contributed by atoms with Gasteiger partial charge in [0.15, 0.2) is 0 Å². The molecule has 0 saturated heterocycles. The van der Waals surface area contributed by atoms with Crippen LogP contribution in [0.4, 0.5) is 0 Å². The van der Waals surface area contributed by atoms with Crippen LogP contribution in [0.2, 0.25) is 0 Å². The molecule has 0 spiro atoms. The molecule has 19 heavy (non-hydrogen) atoms. The fourth-order valence-electron chi connectivity index (χ4n) is 2.11. The summed E-state index contributed by atoms with van der Waals surface area (Å²) in [6, 6.07) is 10.0. The molecule has 4 heteroatoms. The maximum atomic E-state index is 11.5. The van der Waals surface area contributed by atoms with E-state index >= 15 is 0 Å². The fourth-order valence-corrected chi connectivity index (χ4v) is 2.11. The zero-order valence-electron chi connectivity index (χ0n) is 11.3. The molecule has 2 rings (SSSR count). The SMILES string of the molecule is CCC(N)C(=O)NCCCn1ccc2ccccc21. The van der Waals surface area contributed by atoms with Crippen LogP contribution < -0.4 is 11.1 Å². The Labute approximate surface area is 113 Å². The number of nitrogens with one attached hydrogen (secondary N) is 1. The minimum Gasteiger partial charge on any atom is -0.355 e. The summed E-state index contributed by atoms with van der Waals surface area (Å²) < 4.78 is 2.21. The number of aryl methyl sites for hydroxylation is 1. The Kier molecular flexibility index (Phi) is 4.58. The van der Waals surface area contributed by atoms with Gasteiger partial charge in [-0.05, 0) is 30.4 Å². The van der Waals surface area contributed by atoms with E-state index in [9.17, 15) is 4.79 Å². The third kappa shape index (κ3) is 3.35. The monoisotopic (exact) mass is 259 g/mol. The van der Waals surface area contributed by atoms with Crippen molar-refractivity contribution in [1.82, 2.24) is 9.88 Å². The van der Waals surface area contributed by atoms with Crippen molar-refractivity contribution in [3.63, 3.8) is 0 Å². The zero-order chi connectivity index (χ0) is 13.7. The van der Waals surface area contributed by atoms with Crippen LogP contribution >= 0.6 is 0 Å². The number of rotatable bonds is 6. The van der Waals surface area contributed by atoms with Crippen molar-refractivity contribution in [3.05, 3.63) is 36.5 Å². The smallest absolute Gasteiger partial charge is 0.236 e. The summed E-state index contributed by atoms with van der Waals surface area (Å²) in [4.78, 5) is 11.5. The highest BCUT2D eigenvalue weighted by Crippen LogP contribution is 2.15. The second-order valence-corrected chi connectivity index (χ2v) is 4.73. The minimum absolute atomic E-state index is 0.0557. The van der Waals surface area contributed by atoms with E-state index in [1.807, 2.05) is 19.1 Å². The van der Waals surface area contributed by atoms with E-state index in [0.717, 1.165) is 13.0 Å². The van der Waals surface area contributed by atoms with E-state index in [4.69, 9.17) is 5.73 Å². The summed E-state index contributed by atoms with van der Waals surface area (Å²) in [5.74, 6) is -0.0557. The first-order valence-corrected chi connectivity index (χ1v) is 6.79. The number of carbonyl (C=O) groups is 1. The molecular formula is C15H21N3O. The number of para-hydroxylation sites is 1. The molecule has 0 radical (unpaired) electrons. The maximum Gasteiger partial charge on any atom is 0.236 e. The van der Waals surface area contributed by atoms with Gasteiger partial charge >= 0.3 is 0 Å². The molecule has 1 amide bonds. The molecule has 1 aromatic carbocycles. The number of nitrogens with two attached hydrogens (primary N) is 1. The Morgan fingerprint density at radius 2 is 2.16 bits per heavy atom. The lowest BCUT2D eigenvalue weighted by Gasteiger charge is -2.10. The highest BCUT2D eigenvalue weighted by molar-refractivity contribution is 5.81. The van der Waals surface area contributed by atoms with Gasteiger partial charge in [0, 0.05) is 24.8 Å². The molecule has 102 valence electrons. The summed E-state index contributed by atoms with van der Waals surface area (Å²) in [6.45, 7) is 3.48. The van der Waals surface area contributed by atoms with Crippen LogP contribution in [0.15, 0.2) is 36.5 Å². The van der Waals surface area contributed by atoms with E-state index in [2.05, 4.69) is 34.3 Å². The first-order valence-electron chi connectivity index (χ1n) is 6.79. The predicted octanol–water partition coefficient (Wildman–Crippen LogP) is 1.88. The lowest BCUT2D eigenvalue weighted by atomic mass is 10.2. The average molecular weight is 259 g/mol. The van der Waals surface area contributed by atoms with Crippen molar-refractivity contribution in [3.8, 4) is 0 Å². The first kappa shape index (κ1) is 13.6. The molecule has 0 fully saturated rings. The van der Waals surface area contributed by atoms with Crippen LogP contribution in [0.5, 0.6) is 0 Å². The number of carbonyl (C=O) groups excluding carboxylic acids is 1. The van der Waals surface area contributed by atoms with Gasteiger partial charge < -0.3 is 15.6 Å². The molecule has 4 nitrogen and oxygen atoms in total. The lowest BCUT2D eigenvalue weighted by molar-refractivity contribution is -0.122. The molecular weight excluding hydrogens is 238 g/mol. The molecule has 0 aliphatic carbocycles. The fraction of sp³-hybridized carbons (Fsp3) is 0.400. The largest absolute Gasteiger partial charge is 0.355 e. The van der Waals surface area contributed by atoms with Gasteiger partial charge in [-0.15, -0.1) is 0 Å². The van der Waals surface area contributed by atoms with E-state index in [1.54, 1.807) is 0 Å². The van der Waals surface area contributed by atoms with Gasteiger partial charge in [0.25, 0.3) is 0 Å². The van der Waals surface area contributed by atoms with Crippen LogP contribution in [0.3, 0.4) is 0 Å². The van der Waals surface area contributed by atoms with E-state index in [1.165, 1.54) is 10.9 Å². The number of benzene rings is 1. The van der Waals surface area contributed by atoms with Crippen LogP contribution in [0.1, 0.15) is 19.8 Å². The van der Waals surface area contributed by atoms with Crippen LogP contribution in [-0.4, -0.2) is 23.1 Å². The maximum absolute atomic E-state index is 11.5. The van der Waals surface area contributed by atoms with E-state index in [-0.39, 0.29) is 11.9 Å². The van der Waals surface area contributed by atoms with Crippen LogP contribution in [0, 0.1) is 0 Å². The first-order chi connectivity index (χ1) is 9.22. The summed E-state index contributed by atoms with van der Waals surface area (Å²) >= 11 is 0. The van der Waals surface area contributed by atoms with Gasteiger partial charge in [-0.2, -0.15) is 0 Å². The van der Waals surface area contributed by atoms with Crippen LogP contribution in [0.25, 0.3) is 10.9 Å². The molecule has 0 aliphatic rings. The third-order valence-electron chi connectivity index (χ3n) is 3.33. The van der Waals surface area contributed by atoms with Crippen molar-refractivity contribution >= 4 is 16.8 Å². The van der Waals surface area contributed by atoms with Gasteiger partial charge in [0.2, 0.25) is 5.91 Å². The number of aromatic nitrogens is 1. The highest BCUT2D eigenvalue weighted by atomic mass is 16.2. The number of amides is 1.